The summed E-state index contributed by atoms with van der Waals surface area (Å²) in [5.74, 6) is -0.419. The standard InChI is InChI=1S/C14H24NO3P/c1-11-7-9-12(10-8-11)15-13(14(2,3)4)19(16,17-5)18-6/h7-10,13,15H,1-6H3. The minimum atomic E-state index is -3.20. The van der Waals surface area contributed by atoms with Crippen molar-refractivity contribution in [3.05, 3.63) is 29.8 Å². The first kappa shape index (κ1) is 16.2. The van der Waals surface area contributed by atoms with Crippen molar-refractivity contribution in [2.24, 2.45) is 5.41 Å². The maximum atomic E-state index is 12.7. The maximum Gasteiger partial charge on any atom is 0.352 e. The predicted molar refractivity (Wildman–Crippen MR) is 79.7 cm³/mol. The molecule has 1 aromatic carbocycles. The monoisotopic (exact) mass is 285 g/mol. The summed E-state index contributed by atoms with van der Waals surface area (Å²) in [6.45, 7) is 8.04. The van der Waals surface area contributed by atoms with Crippen LogP contribution in [0.4, 0.5) is 5.69 Å². The number of aryl methyl sites for hydroxylation is 1. The van der Waals surface area contributed by atoms with Crippen molar-refractivity contribution in [2.75, 3.05) is 19.5 Å². The van der Waals surface area contributed by atoms with E-state index in [9.17, 15) is 4.57 Å². The zero-order valence-corrected chi connectivity index (χ0v) is 13.5. The molecule has 1 aromatic rings. The van der Waals surface area contributed by atoms with E-state index < -0.39 is 13.4 Å². The van der Waals surface area contributed by atoms with Crippen LogP contribution in [0.1, 0.15) is 26.3 Å². The van der Waals surface area contributed by atoms with Crippen LogP contribution in [0.5, 0.6) is 0 Å². The van der Waals surface area contributed by atoms with E-state index in [1.807, 2.05) is 52.0 Å². The molecule has 108 valence electrons. The maximum absolute atomic E-state index is 12.7. The molecular weight excluding hydrogens is 261 g/mol. The third kappa shape index (κ3) is 4.07. The van der Waals surface area contributed by atoms with E-state index >= 15 is 0 Å². The van der Waals surface area contributed by atoms with Gasteiger partial charge in [0.05, 0.1) is 0 Å². The van der Waals surface area contributed by atoms with E-state index in [0.29, 0.717) is 0 Å². The molecule has 0 aliphatic heterocycles. The molecule has 0 amide bonds. The Morgan fingerprint density at radius 1 is 1.11 bits per heavy atom. The summed E-state index contributed by atoms with van der Waals surface area (Å²) in [5, 5.41) is 3.28. The zero-order valence-electron chi connectivity index (χ0n) is 12.6. The molecule has 0 aromatic heterocycles. The van der Waals surface area contributed by atoms with Crippen LogP contribution in [0, 0.1) is 12.3 Å². The van der Waals surface area contributed by atoms with Crippen molar-refractivity contribution in [1.29, 1.82) is 0 Å². The molecule has 1 rings (SSSR count). The molecule has 1 unspecified atom stereocenters. The van der Waals surface area contributed by atoms with E-state index in [2.05, 4.69) is 5.32 Å². The molecule has 0 saturated heterocycles. The number of nitrogens with one attached hydrogen (secondary N) is 1. The van der Waals surface area contributed by atoms with Gasteiger partial charge in [-0.1, -0.05) is 38.5 Å². The van der Waals surface area contributed by atoms with Gasteiger partial charge in [0, 0.05) is 19.9 Å². The Morgan fingerprint density at radius 3 is 1.95 bits per heavy atom. The van der Waals surface area contributed by atoms with Crippen molar-refractivity contribution in [3.8, 4) is 0 Å². The van der Waals surface area contributed by atoms with E-state index in [1.54, 1.807) is 0 Å². The summed E-state index contributed by atoms with van der Waals surface area (Å²) >= 11 is 0. The Bertz CT molecular complexity index is 443. The largest absolute Gasteiger partial charge is 0.371 e. The molecule has 5 heteroatoms. The fraction of sp³-hybridized carbons (Fsp3) is 0.571. The molecule has 0 bridgehead atoms. The fourth-order valence-corrected chi connectivity index (χ4v) is 3.69. The number of hydrogen-bond acceptors (Lipinski definition) is 4. The highest BCUT2D eigenvalue weighted by molar-refractivity contribution is 7.54. The number of benzene rings is 1. The van der Waals surface area contributed by atoms with Gasteiger partial charge in [-0.15, -0.1) is 0 Å². The Labute approximate surface area is 116 Å². The topological polar surface area (TPSA) is 47.6 Å². The first-order valence-electron chi connectivity index (χ1n) is 6.27. The lowest BCUT2D eigenvalue weighted by Crippen LogP contribution is -2.34. The molecule has 0 heterocycles. The smallest absolute Gasteiger partial charge is 0.352 e. The van der Waals surface area contributed by atoms with Gasteiger partial charge in [-0.25, -0.2) is 0 Å². The number of anilines is 1. The van der Waals surface area contributed by atoms with Crippen LogP contribution in [-0.4, -0.2) is 20.0 Å². The molecule has 0 aliphatic rings. The number of hydrogen-bond donors (Lipinski definition) is 1. The van der Waals surface area contributed by atoms with Gasteiger partial charge in [-0.3, -0.25) is 4.57 Å². The molecule has 0 radical (unpaired) electrons. The van der Waals surface area contributed by atoms with E-state index in [4.69, 9.17) is 9.05 Å². The lowest BCUT2D eigenvalue weighted by atomic mass is 9.96. The summed E-state index contributed by atoms with van der Waals surface area (Å²) in [6.07, 6.45) is 0. The van der Waals surface area contributed by atoms with Crippen molar-refractivity contribution >= 4 is 13.3 Å². The fourth-order valence-electron chi connectivity index (χ4n) is 1.86. The summed E-state index contributed by atoms with van der Waals surface area (Å²) in [6, 6.07) is 7.94. The van der Waals surface area contributed by atoms with Gasteiger partial charge in [-0.05, 0) is 24.5 Å². The van der Waals surface area contributed by atoms with Crippen LogP contribution >= 0.6 is 7.60 Å². The summed E-state index contributed by atoms with van der Waals surface area (Å²) in [5.41, 5.74) is 1.81. The average Bonchev–Trinajstić information content (AvgIpc) is 2.36. The summed E-state index contributed by atoms with van der Waals surface area (Å²) in [7, 11) is -0.368. The van der Waals surface area contributed by atoms with Crippen molar-refractivity contribution in [3.63, 3.8) is 0 Å². The summed E-state index contributed by atoms with van der Waals surface area (Å²) in [4.78, 5) is 0. The number of rotatable bonds is 5. The highest BCUT2D eigenvalue weighted by Gasteiger charge is 2.42. The second kappa shape index (κ2) is 6.08. The third-order valence-electron chi connectivity index (χ3n) is 3.00. The summed E-state index contributed by atoms with van der Waals surface area (Å²) < 4.78 is 22.9. The van der Waals surface area contributed by atoms with Crippen molar-refractivity contribution in [2.45, 2.75) is 33.5 Å². The van der Waals surface area contributed by atoms with Crippen molar-refractivity contribution < 1.29 is 13.6 Å². The van der Waals surface area contributed by atoms with Gasteiger partial charge < -0.3 is 14.4 Å². The van der Waals surface area contributed by atoms with Crippen LogP contribution in [0.15, 0.2) is 24.3 Å². The average molecular weight is 285 g/mol. The Morgan fingerprint density at radius 2 is 1.58 bits per heavy atom. The molecule has 0 saturated carbocycles. The van der Waals surface area contributed by atoms with Gasteiger partial charge in [0.1, 0.15) is 5.78 Å². The molecule has 19 heavy (non-hydrogen) atoms. The molecule has 1 atom stereocenters. The van der Waals surface area contributed by atoms with Crippen LogP contribution in [0.25, 0.3) is 0 Å². The normalized spacial score (nSPS) is 14.2. The van der Waals surface area contributed by atoms with E-state index in [0.717, 1.165) is 5.69 Å². The van der Waals surface area contributed by atoms with Crippen molar-refractivity contribution in [1.82, 2.24) is 0 Å². The molecule has 0 aliphatic carbocycles. The molecular formula is C14H24NO3P. The Balaban J connectivity index is 3.06. The Hall–Kier alpha value is -0.830. The molecule has 0 spiro atoms. The van der Waals surface area contributed by atoms with Gasteiger partial charge in [0.15, 0.2) is 0 Å². The second-order valence-corrected chi connectivity index (χ2v) is 8.01. The minimum absolute atomic E-state index is 0.271. The second-order valence-electron chi connectivity index (χ2n) is 5.68. The van der Waals surface area contributed by atoms with E-state index in [1.165, 1.54) is 19.8 Å². The Kier molecular flexibility index (Phi) is 5.19. The third-order valence-corrected chi connectivity index (χ3v) is 5.55. The molecule has 4 nitrogen and oxygen atoms in total. The highest BCUT2D eigenvalue weighted by atomic mass is 31.2. The van der Waals surface area contributed by atoms with Crippen LogP contribution in [-0.2, 0) is 13.6 Å². The zero-order chi connectivity index (χ0) is 14.7. The first-order chi connectivity index (χ1) is 8.73. The SMILES string of the molecule is COP(=O)(OC)C(Nc1ccc(C)cc1)C(C)(C)C. The van der Waals surface area contributed by atoms with Gasteiger partial charge >= 0.3 is 7.60 Å². The van der Waals surface area contributed by atoms with Gasteiger partial charge in [0.25, 0.3) is 0 Å². The lowest BCUT2D eigenvalue weighted by molar-refractivity contribution is 0.242. The minimum Gasteiger partial charge on any atom is -0.371 e. The highest BCUT2D eigenvalue weighted by Crippen LogP contribution is 2.57. The quantitative estimate of drug-likeness (QED) is 0.821. The molecule has 1 N–H and O–H groups in total. The predicted octanol–water partition coefficient (Wildman–Crippen LogP) is 4.27. The van der Waals surface area contributed by atoms with Crippen LogP contribution in [0.2, 0.25) is 0 Å². The molecule has 0 fully saturated rings. The van der Waals surface area contributed by atoms with E-state index in [-0.39, 0.29) is 5.41 Å². The van der Waals surface area contributed by atoms with Gasteiger partial charge in [-0.2, -0.15) is 0 Å². The van der Waals surface area contributed by atoms with Crippen LogP contribution < -0.4 is 5.32 Å². The van der Waals surface area contributed by atoms with Gasteiger partial charge in [0.2, 0.25) is 0 Å². The lowest BCUT2D eigenvalue weighted by Gasteiger charge is -2.35. The van der Waals surface area contributed by atoms with Crippen LogP contribution in [0.3, 0.4) is 0 Å². The first-order valence-corrected chi connectivity index (χ1v) is 7.88.